The molecule has 0 radical (unpaired) electrons. The molecule has 1 nitrogen and oxygen atoms in total. The van der Waals surface area contributed by atoms with Gasteiger partial charge >= 0.3 is 0 Å². The maximum Gasteiger partial charge on any atom is 0.0630 e. The lowest BCUT2D eigenvalue weighted by Gasteiger charge is -2.22. The van der Waals surface area contributed by atoms with E-state index >= 15 is 0 Å². The Labute approximate surface area is 89.2 Å². The highest BCUT2D eigenvalue weighted by atomic mass is 16.5. The summed E-state index contributed by atoms with van der Waals surface area (Å²) in [6, 6.07) is 0. The molecule has 0 amide bonds. The van der Waals surface area contributed by atoms with Gasteiger partial charge in [0.2, 0.25) is 0 Å². The quantitative estimate of drug-likeness (QED) is 0.648. The summed E-state index contributed by atoms with van der Waals surface area (Å²) >= 11 is 0. The average molecular weight is 198 g/mol. The normalized spacial score (nSPS) is 25.9. The van der Waals surface area contributed by atoms with E-state index in [0.29, 0.717) is 0 Å². The van der Waals surface area contributed by atoms with Crippen LogP contribution in [-0.2, 0) is 4.74 Å². The van der Waals surface area contributed by atoms with E-state index in [4.69, 9.17) is 4.74 Å². The van der Waals surface area contributed by atoms with Crippen molar-refractivity contribution >= 4 is 0 Å². The Morgan fingerprint density at radius 3 is 2.14 bits per heavy atom. The lowest BCUT2D eigenvalue weighted by molar-refractivity contribution is 0.0335. The fourth-order valence-corrected chi connectivity index (χ4v) is 2.74. The van der Waals surface area contributed by atoms with Gasteiger partial charge in [-0.05, 0) is 32.1 Å². The Kier molecular flexibility index (Phi) is 4.43. The molecule has 0 bridgehead atoms. The van der Waals surface area contributed by atoms with Gasteiger partial charge in [-0.1, -0.05) is 39.5 Å². The Morgan fingerprint density at radius 2 is 1.79 bits per heavy atom. The molecule has 14 heavy (non-hydrogen) atoms. The molecule has 0 aromatic carbocycles. The van der Waals surface area contributed by atoms with Crippen LogP contribution < -0.4 is 0 Å². The van der Waals surface area contributed by atoms with Crippen LogP contribution in [0.5, 0.6) is 0 Å². The van der Waals surface area contributed by atoms with Crippen molar-refractivity contribution in [2.75, 3.05) is 6.61 Å². The maximum absolute atomic E-state index is 5.83. The van der Waals surface area contributed by atoms with E-state index in [2.05, 4.69) is 27.7 Å². The summed E-state index contributed by atoms with van der Waals surface area (Å²) in [7, 11) is 0. The molecular weight excluding hydrogens is 172 g/mol. The summed E-state index contributed by atoms with van der Waals surface area (Å²) in [5.74, 6) is 1.73. The molecule has 1 heterocycles. The first-order valence-electron chi connectivity index (χ1n) is 6.23. The molecular formula is C13H26O. The van der Waals surface area contributed by atoms with Crippen LogP contribution in [0.3, 0.4) is 0 Å². The van der Waals surface area contributed by atoms with Gasteiger partial charge in [-0.3, -0.25) is 0 Å². The molecule has 1 aliphatic heterocycles. The molecule has 0 N–H and O–H groups in total. The zero-order valence-corrected chi connectivity index (χ0v) is 10.3. The molecule has 0 aliphatic carbocycles. The third-order valence-corrected chi connectivity index (χ3v) is 3.43. The van der Waals surface area contributed by atoms with E-state index in [-0.39, 0.29) is 5.60 Å². The maximum atomic E-state index is 5.83. The van der Waals surface area contributed by atoms with Crippen molar-refractivity contribution in [3.8, 4) is 0 Å². The van der Waals surface area contributed by atoms with E-state index in [9.17, 15) is 0 Å². The Bertz CT molecular complexity index is 157. The predicted molar refractivity (Wildman–Crippen MR) is 61.4 cm³/mol. The molecule has 0 spiro atoms. The van der Waals surface area contributed by atoms with Crippen LogP contribution in [0.25, 0.3) is 0 Å². The van der Waals surface area contributed by atoms with Gasteiger partial charge in [0, 0.05) is 0 Å². The average Bonchev–Trinajstić information content (AvgIpc) is 2.46. The molecule has 0 aromatic heterocycles. The molecule has 1 rings (SSSR count). The highest BCUT2D eigenvalue weighted by Crippen LogP contribution is 2.37. The van der Waals surface area contributed by atoms with Gasteiger partial charge in [-0.25, -0.2) is 0 Å². The smallest absolute Gasteiger partial charge is 0.0630 e. The van der Waals surface area contributed by atoms with Gasteiger partial charge in [0.25, 0.3) is 0 Å². The Morgan fingerprint density at radius 1 is 1.21 bits per heavy atom. The number of hydrogen-bond acceptors (Lipinski definition) is 1. The van der Waals surface area contributed by atoms with E-state index < -0.39 is 0 Å². The number of ether oxygens (including phenoxy) is 1. The summed E-state index contributed by atoms with van der Waals surface area (Å²) in [5, 5.41) is 0. The van der Waals surface area contributed by atoms with Crippen molar-refractivity contribution in [3.05, 3.63) is 0 Å². The van der Waals surface area contributed by atoms with Crippen LogP contribution in [-0.4, -0.2) is 12.2 Å². The fraction of sp³-hybridized carbons (Fsp3) is 1.00. The van der Waals surface area contributed by atoms with Gasteiger partial charge in [0.1, 0.15) is 0 Å². The van der Waals surface area contributed by atoms with Crippen LogP contribution in [0, 0.1) is 11.8 Å². The number of hydrogen-bond donors (Lipinski definition) is 0. The van der Waals surface area contributed by atoms with Crippen LogP contribution in [0.1, 0.15) is 59.8 Å². The molecule has 0 saturated carbocycles. The molecule has 84 valence electrons. The fourth-order valence-electron chi connectivity index (χ4n) is 2.74. The standard InChI is InChI=1S/C13H26O/c1-5-7-11(8-6-2)12-9-13(3,4)14-10-12/h11-12H,5-10H2,1-4H3. The van der Waals surface area contributed by atoms with Gasteiger partial charge in [0.15, 0.2) is 0 Å². The second-order valence-electron chi connectivity index (χ2n) is 5.37. The summed E-state index contributed by atoms with van der Waals surface area (Å²) in [6.45, 7) is 10.0. The molecule has 1 saturated heterocycles. The Hall–Kier alpha value is -0.0400. The molecule has 1 fully saturated rings. The second kappa shape index (κ2) is 5.16. The zero-order valence-electron chi connectivity index (χ0n) is 10.3. The van der Waals surface area contributed by atoms with Crippen molar-refractivity contribution in [2.24, 2.45) is 11.8 Å². The van der Waals surface area contributed by atoms with E-state index in [1.165, 1.54) is 32.1 Å². The van der Waals surface area contributed by atoms with E-state index in [1.807, 2.05) is 0 Å². The van der Waals surface area contributed by atoms with E-state index in [1.54, 1.807) is 0 Å². The second-order valence-corrected chi connectivity index (χ2v) is 5.37. The highest BCUT2D eigenvalue weighted by Gasteiger charge is 2.35. The largest absolute Gasteiger partial charge is 0.375 e. The lowest BCUT2D eigenvalue weighted by Crippen LogP contribution is -2.19. The molecule has 1 heteroatoms. The van der Waals surface area contributed by atoms with Crippen molar-refractivity contribution in [2.45, 2.75) is 65.4 Å². The first-order valence-corrected chi connectivity index (χ1v) is 6.23. The third kappa shape index (κ3) is 3.27. The number of rotatable bonds is 5. The molecule has 1 atom stereocenters. The molecule has 1 aliphatic rings. The Balaban J connectivity index is 2.44. The van der Waals surface area contributed by atoms with Crippen molar-refractivity contribution in [3.63, 3.8) is 0 Å². The van der Waals surface area contributed by atoms with Crippen molar-refractivity contribution in [1.29, 1.82) is 0 Å². The van der Waals surface area contributed by atoms with Gasteiger partial charge in [-0.2, -0.15) is 0 Å². The minimum atomic E-state index is 0.143. The van der Waals surface area contributed by atoms with Crippen LogP contribution in [0.4, 0.5) is 0 Å². The lowest BCUT2D eigenvalue weighted by atomic mass is 9.81. The zero-order chi connectivity index (χ0) is 10.6. The minimum absolute atomic E-state index is 0.143. The summed E-state index contributed by atoms with van der Waals surface area (Å²) < 4.78 is 5.83. The van der Waals surface area contributed by atoms with Crippen molar-refractivity contribution < 1.29 is 4.74 Å². The van der Waals surface area contributed by atoms with E-state index in [0.717, 1.165) is 18.4 Å². The molecule has 0 aromatic rings. The van der Waals surface area contributed by atoms with Crippen LogP contribution in [0.15, 0.2) is 0 Å². The van der Waals surface area contributed by atoms with Crippen molar-refractivity contribution in [1.82, 2.24) is 0 Å². The first kappa shape index (κ1) is 12.0. The summed E-state index contributed by atoms with van der Waals surface area (Å²) in [4.78, 5) is 0. The first-order chi connectivity index (χ1) is 6.59. The SMILES string of the molecule is CCCC(CCC)C1COC(C)(C)C1. The van der Waals surface area contributed by atoms with Gasteiger partial charge < -0.3 is 4.74 Å². The monoisotopic (exact) mass is 198 g/mol. The topological polar surface area (TPSA) is 9.23 Å². The van der Waals surface area contributed by atoms with Crippen LogP contribution in [0.2, 0.25) is 0 Å². The minimum Gasteiger partial charge on any atom is -0.375 e. The van der Waals surface area contributed by atoms with Gasteiger partial charge in [-0.15, -0.1) is 0 Å². The summed E-state index contributed by atoms with van der Waals surface area (Å²) in [6.07, 6.45) is 6.68. The highest BCUT2D eigenvalue weighted by molar-refractivity contribution is 4.84. The summed E-state index contributed by atoms with van der Waals surface area (Å²) in [5.41, 5.74) is 0.143. The molecule has 1 unspecified atom stereocenters. The predicted octanol–water partition coefficient (Wildman–Crippen LogP) is 4.02. The van der Waals surface area contributed by atoms with Crippen LogP contribution >= 0.6 is 0 Å². The van der Waals surface area contributed by atoms with Gasteiger partial charge in [0.05, 0.1) is 12.2 Å². The third-order valence-electron chi connectivity index (χ3n) is 3.43.